The highest BCUT2D eigenvalue weighted by molar-refractivity contribution is 9.10. The van der Waals surface area contributed by atoms with E-state index in [-0.39, 0.29) is 0 Å². The minimum Gasteiger partial charge on any atom is -0.367 e. The zero-order valence-electron chi connectivity index (χ0n) is 10.5. The smallest absolute Gasteiger partial charge is 0.132 e. The Morgan fingerprint density at radius 3 is 2.88 bits per heavy atom. The third kappa shape index (κ3) is 3.41. The molecule has 17 heavy (non-hydrogen) atoms. The first-order valence-corrected chi connectivity index (χ1v) is 7.28. The third-order valence-electron chi connectivity index (χ3n) is 3.41. The third-order valence-corrected chi connectivity index (χ3v) is 3.82. The molecule has 2 atom stereocenters. The molecule has 0 bridgehead atoms. The molecule has 1 saturated carbocycles. The second-order valence-corrected chi connectivity index (χ2v) is 5.71. The Bertz CT molecular complexity index is 381. The van der Waals surface area contributed by atoms with Crippen molar-refractivity contribution in [1.29, 1.82) is 0 Å². The van der Waals surface area contributed by atoms with Crippen molar-refractivity contribution in [2.75, 3.05) is 5.32 Å². The normalized spacial score (nSPS) is 23.9. The molecular formula is C13H20BrN3. The molecule has 0 amide bonds. The maximum atomic E-state index is 4.57. The van der Waals surface area contributed by atoms with Crippen LogP contribution in [0.2, 0.25) is 0 Å². The Kier molecular flexibility index (Phi) is 4.37. The molecule has 1 heterocycles. The highest BCUT2D eigenvalue weighted by Gasteiger charge is 2.23. The van der Waals surface area contributed by atoms with E-state index in [9.17, 15) is 0 Å². The first-order valence-electron chi connectivity index (χ1n) is 6.49. The SMILES string of the molecule is CCCc1nc(Br)cc(NC2CCCC2C)n1. The summed E-state index contributed by atoms with van der Waals surface area (Å²) in [6, 6.07) is 2.55. The maximum Gasteiger partial charge on any atom is 0.132 e. The van der Waals surface area contributed by atoms with Gasteiger partial charge in [0.25, 0.3) is 0 Å². The highest BCUT2D eigenvalue weighted by Crippen LogP contribution is 2.28. The van der Waals surface area contributed by atoms with Crippen molar-refractivity contribution in [3.8, 4) is 0 Å². The summed E-state index contributed by atoms with van der Waals surface area (Å²) in [5.41, 5.74) is 0. The molecule has 0 aromatic carbocycles. The molecule has 0 aliphatic heterocycles. The van der Waals surface area contributed by atoms with Crippen LogP contribution < -0.4 is 5.32 Å². The van der Waals surface area contributed by atoms with E-state index in [2.05, 4.69) is 45.1 Å². The molecule has 1 aromatic rings. The largest absolute Gasteiger partial charge is 0.367 e. The molecule has 1 N–H and O–H groups in total. The first kappa shape index (κ1) is 12.8. The van der Waals surface area contributed by atoms with Crippen molar-refractivity contribution in [3.05, 3.63) is 16.5 Å². The first-order chi connectivity index (χ1) is 8.19. The van der Waals surface area contributed by atoms with Crippen molar-refractivity contribution in [2.24, 2.45) is 5.92 Å². The van der Waals surface area contributed by atoms with E-state index in [0.717, 1.165) is 35.0 Å². The molecule has 2 unspecified atom stereocenters. The predicted molar refractivity (Wildman–Crippen MR) is 74.2 cm³/mol. The van der Waals surface area contributed by atoms with E-state index >= 15 is 0 Å². The second kappa shape index (κ2) is 5.80. The Morgan fingerprint density at radius 1 is 1.41 bits per heavy atom. The molecule has 3 nitrogen and oxygen atoms in total. The number of hydrogen-bond acceptors (Lipinski definition) is 3. The molecule has 1 aliphatic rings. The number of hydrogen-bond donors (Lipinski definition) is 1. The number of rotatable bonds is 4. The molecule has 0 spiro atoms. The van der Waals surface area contributed by atoms with Gasteiger partial charge in [0.05, 0.1) is 0 Å². The summed E-state index contributed by atoms with van der Waals surface area (Å²) >= 11 is 3.46. The van der Waals surface area contributed by atoms with Crippen molar-refractivity contribution >= 4 is 21.7 Å². The van der Waals surface area contributed by atoms with Crippen LogP contribution in [0.1, 0.15) is 45.4 Å². The lowest BCUT2D eigenvalue weighted by Crippen LogP contribution is -2.22. The minimum absolute atomic E-state index is 0.575. The van der Waals surface area contributed by atoms with Gasteiger partial charge < -0.3 is 5.32 Å². The lowest BCUT2D eigenvalue weighted by atomic mass is 10.1. The minimum atomic E-state index is 0.575. The summed E-state index contributed by atoms with van der Waals surface area (Å²) in [6.07, 6.45) is 5.93. The van der Waals surface area contributed by atoms with Gasteiger partial charge in [0.15, 0.2) is 0 Å². The molecular weight excluding hydrogens is 278 g/mol. The molecule has 0 saturated heterocycles. The summed E-state index contributed by atoms with van der Waals surface area (Å²) in [5.74, 6) is 2.64. The highest BCUT2D eigenvalue weighted by atomic mass is 79.9. The average molecular weight is 298 g/mol. The Balaban J connectivity index is 2.09. The zero-order chi connectivity index (χ0) is 12.3. The van der Waals surface area contributed by atoms with Gasteiger partial charge in [0, 0.05) is 18.5 Å². The molecule has 0 radical (unpaired) electrons. The van der Waals surface area contributed by atoms with Crippen LogP contribution in [0.5, 0.6) is 0 Å². The van der Waals surface area contributed by atoms with Gasteiger partial charge in [-0.2, -0.15) is 0 Å². The fourth-order valence-corrected chi connectivity index (χ4v) is 2.85. The number of nitrogens with one attached hydrogen (secondary N) is 1. The van der Waals surface area contributed by atoms with Crippen molar-refractivity contribution in [2.45, 2.75) is 52.0 Å². The standard InChI is InChI=1S/C13H20BrN3/c1-3-5-12-16-11(14)8-13(17-12)15-10-7-4-6-9(10)2/h8-10H,3-7H2,1-2H3,(H,15,16,17). The summed E-state index contributed by atoms with van der Waals surface area (Å²) in [7, 11) is 0. The Hall–Kier alpha value is -0.640. The topological polar surface area (TPSA) is 37.8 Å². The van der Waals surface area contributed by atoms with Crippen LogP contribution >= 0.6 is 15.9 Å². The van der Waals surface area contributed by atoms with Crippen molar-refractivity contribution < 1.29 is 0 Å². The van der Waals surface area contributed by atoms with Gasteiger partial charge >= 0.3 is 0 Å². The van der Waals surface area contributed by atoms with Crippen LogP contribution in [0.15, 0.2) is 10.7 Å². The Morgan fingerprint density at radius 2 is 2.24 bits per heavy atom. The summed E-state index contributed by atoms with van der Waals surface area (Å²) < 4.78 is 0.879. The summed E-state index contributed by atoms with van der Waals surface area (Å²) in [4.78, 5) is 8.95. The van der Waals surface area contributed by atoms with Crippen LogP contribution in [0.4, 0.5) is 5.82 Å². The lowest BCUT2D eigenvalue weighted by Gasteiger charge is -2.18. The molecule has 2 rings (SSSR count). The average Bonchev–Trinajstić information content (AvgIpc) is 2.64. The lowest BCUT2D eigenvalue weighted by molar-refractivity contribution is 0.554. The Labute approximate surface area is 112 Å². The van der Waals surface area contributed by atoms with Crippen molar-refractivity contribution in [1.82, 2.24) is 9.97 Å². The van der Waals surface area contributed by atoms with Crippen LogP contribution in [-0.2, 0) is 6.42 Å². The summed E-state index contributed by atoms with van der Waals surface area (Å²) in [5, 5.41) is 3.55. The quantitative estimate of drug-likeness (QED) is 0.859. The fraction of sp³-hybridized carbons (Fsp3) is 0.692. The van der Waals surface area contributed by atoms with Gasteiger partial charge in [-0.05, 0) is 41.1 Å². The van der Waals surface area contributed by atoms with Gasteiger partial charge in [-0.15, -0.1) is 0 Å². The van der Waals surface area contributed by atoms with Crippen LogP contribution in [0.25, 0.3) is 0 Å². The molecule has 1 aliphatic carbocycles. The predicted octanol–water partition coefficient (Wildman–Crippen LogP) is 3.79. The van der Waals surface area contributed by atoms with Gasteiger partial charge in [-0.3, -0.25) is 0 Å². The van der Waals surface area contributed by atoms with Crippen molar-refractivity contribution in [3.63, 3.8) is 0 Å². The number of nitrogens with zero attached hydrogens (tertiary/aromatic N) is 2. The van der Waals surface area contributed by atoms with Gasteiger partial charge in [-0.25, -0.2) is 9.97 Å². The molecule has 1 fully saturated rings. The fourth-order valence-electron chi connectivity index (χ4n) is 2.42. The summed E-state index contributed by atoms with van der Waals surface area (Å²) in [6.45, 7) is 4.46. The van der Waals surface area contributed by atoms with E-state index < -0.39 is 0 Å². The van der Waals surface area contributed by atoms with E-state index in [0.29, 0.717) is 6.04 Å². The van der Waals surface area contributed by atoms with Crippen LogP contribution in [0, 0.1) is 5.92 Å². The number of aromatic nitrogens is 2. The number of anilines is 1. The maximum absolute atomic E-state index is 4.57. The van der Waals surface area contributed by atoms with E-state index in [1.54, 1.807) is 0 Å². The number of halogens is 1. The zero-order valence-corrected chi connectivity index (χ0v) is 12.1. The van der Waals surface area contributed by atoms with Gasteiger partial charge in [0.2, 0.25) is 0 Å². The molecule has 94 valence electrons. The monoisotopic (exact) mass is 297 g/mol. The number of aryl methyl sites for hydroxylation is 1. The molecule has 1 aromatic heterocycles. The molecule has 4 heteroatoms. The van der Waals surface area contributed by atoms with Crippen LogP contribution in [0.3, 0.4) is 0 Å². The second-order valence-electron chi connectivity index (χ2n) is 4.90. The van der Waals surface area contributed by atoms with E-state index in [4.69, 9.17) is 0 Å². The van der Waals surface area contributed by atoms with E-state index in [1.165, 1.54) is 19.3 Å². The van der Waals surface area contributed by atoms with Gasteiger partial charge in [0.1, 0.15) is 16.2 Å². The van der Waals surface area contributed by atoms with Gasteiger partial charge in [-0.1, -0.05) is 20.3 Å². The van der Waals surface area contributed by atoms with Crippen LogP contribution in [-0.4, -0.2) is 16.0 Å². The van der Waals surface area contributed by atoms with E-state index in [1.807, 2.05) is 6.07 Å².